The Labute approximate surface area is 256 Å². The standard InChI is InChI=1S/C33H52N4O6/c1-3-22-23-16-21(43-32(40)36-14-10-20(11-15-36)35-12-6-5-7-13-35)8-9-27(23)34-29-24(22)18-37-28(29)17-26-25(30(37)38)19-42-31(39)33(26,41)4-2/h20-29,34,41H,3-19H2,1-2H3. The average molecular weight is 601 g/mol. The first-order chi connectivity index (χ1) is 20.8. The quantitative estimate of drug-likeness (QED) is 0.474. The second-order valence-corrected chi connectivity index (χ2v) is 14.7. The molecule has 0 bridgehead atoms. The molecule has 6 heterocycles. The molecule has 10 nitrogen and oxygen atoms in total. The summed E-state index contributed by atoms with van der Waals surface area (Å²) in [6, 6.07) is 1.09. The number of aliphatic hydroxyl groups is 1. The van der Waals surface area contributed by atoms with Gasteiger partial charge in [0.05, 0.1) is 5.92 Å². The zero-order chi connectivity index (χ0) is 29.9. The largest absolute Gasteiger partial charge is 0.463 e. The second-order valence-electron chi connectivity index (χ2n) is 14.7. The van der Waals surface area contributed by atoms with E-state index in [2.05, 4.69) is 17.1 Å². The van der Waals surface area contributed by atoms with Gasteiger partial charge in [-0.2, -0.15) is 0 Å². The number of amides is 2. The smallest absolute Gasteiger partial charge is 0.410 e. The van der Waals surface area contributed by atoms with Crippen LogP contribution in [0.4, 0.5) is 4.79 Å². The monoisotopic (exact) mass is 600 g/mol. The lowest BCUT2D eigenvalue weighted by Crippen LogP contribution is -2.66. The van der Waals surface area contributed by atoms with Crippen molar-refractivity contribution >= 4 is 18.0 Å². The summed E-state index contributed by atoms with van der Waals surface area (Å²) in [6.07, 6.45) is 10.4. The van der Waals surface area contributed by atoms with Gasteiger partial charge in [-0.1, -0.05) is 26.7 Å². The van der Waals surface area contributed by atoms with Crippen LogP contribution in [-0.4, -0.2) is 113 Å². The molecule has 10 unspecified atom stereocenters. The molecule has 1 saturated carbocycles. The molecule has 1 aliphatic carbocycles. The van der Waals surface area contributed by atoms with Gasteiger partial charge in [-0.3, -0.25) is 4.79 Å². The Morgan fingerprint density at radius 2 is 1.79 bits per heavy atom. The summed E-state index contributed by atoms with van der Waals surface area (Å²) in [5, 5.41) is 15.3. The molecule has 240 valence electrons. The number of fused-ring (bicyclic) bond motifs is 5. The summed E-state index contributed by atoms with van der Waals surface area (Å²) in [5.41, 5.74) is -1.59. The minimum Gasteiger partial charge on any atom is -0.463 e. The summed E-state index contributed by atoms with van der Waals surface area (Å²) in [5.74, 6) is -0.254. The van der Waals surface area contributed by atoms with Gasteiger partial charge in [0, 0.05) is 49.7 Å². The van der Waals surface area contributed by atoms with Gasteiger partial charge >= 0.3 is 12.1 Å². The first-order valence-electron chi connectivity index (χ1n) is 17.5. The third-order valence-corrected chi connectivity index (χ3v) is 12.9. The van der Waals surface area contributed by atoms with E-state index in [0.717, 1.165) is 51.6 Å². The molecule has 2 amide bonds. The number of likely N-dealkylation sites (tertiary alicyclic amines) is 2. The molecule has 0 spiro atoms. The van der Waals surface area contributed by atoms with Crippen LogP contribution in [0.15, 0.2) is 0 Å². The highest BCUT2D eigenvalue weighted by Gasteiger charge is 2.63. The van der Waals surface area contributed by atoms with Gasteiger partial charge < -0.3 is 34.6 Å². The highest BCUT2D eigenvalue weighted by molar-refractivity contribution is 5.87. The molecule has 0 aromatic heterocycles. The molecule has 10 atom stereocenters. The van der Waals surface area contributed by atoms with Gasteiger partial charge in [-0.15, -0.1) is 0 Å². The number of hydrogen-bond acceptors (Lipinski definition) is 8. The van der Waals surface area contributed by atoms with Crippen LogP contribution in [0.2, 0.25) is 0 Å². The fourth-order valence-electron chi connectivity index (χ4n) is 10.5. The van der Waals surface area contributed by atoms with E-state index in [1.807, 2.05) is 9.80 Å². The summed E-state index contributed by atoms with van der Waals surface area (Å²) in [4.78, 5) is 46.2. The number of cyclic esters (lactones) is 1. The molecule has 0 radical (unpaired) electrons. The maximum absolute atomic E-state index is 13.8. The lowest BCUT2D eigenvalue weighted by Gasteiger charge is -2.52. The van der Waals surface area contributed by atoms with E-state index in [0.29, 0.717) is 42.8 Å². The van der Waals surface area contributed by atoms with Crippen LogP contribution in [0.25, 0.3) is 0 Å². The lowest BCUT2D eigenvalue weighted by molar-refractivity contribution is -0.201. The van der Waals surface area contributed by atoms with E-state index in [1.54, 1.807) is 6.92 Å². The van der Waals surface area contributed by atoms with Gasteiger partial charge in [0.25, 0.3) is 0 Å². The van der Waals surface area contributed by atoms with Crippen LogP contribution in [0.3, 0.4) is 0 Å². The number of carbonyl (C=O) groups is 3. The molecular formula is C33H52N4O6. The summed E-state index contributed by atoms with van der Waals surface area (Å²) in [7, 11) is 0. The summed E-state index contributed by atoms with van der Waals surface area (Å²) >= 11 is 0. The number of esters is 1. The van der Waals surface area contributed by atoms with Crippen molar-refractivity contribution in [3.05, 3.63) is 0 Å². The molecule has 6 saturated heterocycles. The number of carbonyl (C=O) groups excluding carboxylic acids is 3. The van der Waals surface area contributed by atoms with Crippen LogP contribution >= 0.6 is 0 Å². The molecular weight excluding hydrogens is 548 g/mol. The highest BCUT2D eigenvalue weighted by atomic mass is 16.6. The number of piperidine rings is 4. The number of ether oxygens (including phenoxy) is 2. The Hall–Kier alpha value is -1.91. The third-order valence-electron chi connectivity index (χ3n) is 12.9. The predicted molar refractivity (Wildman–Crippen MR) is 159 cm³/mol. The van der Waals surface area contributed by atoms with Gasteiger partial charge in [0.2, 0.25) is 5.91 Å². The Kier molecular flexibility index (Phi) is 8.16. The van der Waals surface area contributed by atoms with E-state index in [-0.39, 0.29) is 43.2 Å². The molecule has 43 heavy (non-hydrogen) atoms. The molecule has 0 aromatic carbocycles. The number of nitrogens with zero attached hydrogens (tertiary/aromatic N) is 3. The zero-order valence-corrected chi connectivity index (χ0v) is 26.1. The SMILES string of the molecule is CCC1C2CC(OC(=O)N3CCC(N4CCCCC4)CC3)CCC2NC2C1CN1C(=O)C3COC(=O)C(O)(CC)C3CC21. The highest BCUT2D eigenvalue weighted by Crippen LogP contribution is 2.51. The fraction of sp³-hybridized carbons (Fsp3) is 0.909. The zero-order valence-electron chi connectivity index (χ0n) is 26.1. The fourth-order valence-corrected chi connectivity index (χ4v) is 10.5. The molecule has 0 aromatic rings. The molecule has 7 aliphatic rings. The van der Waals surface area contributed by atoms with Crippen molar-refractivity contribution in [2.75, 3.05) is 39.3 Å². The van der Waals surface area contributed by atoms with Crippen molar-refractivity contribution in [2.45, 2.75) is 120 Å². The Morgan fingerprint density at radius 3 is 2.51 bits per heavy atom. The van der Waals surface area contributed by atoms with Crippen LogP contribution in [-0.2, 0) is 19.1 Å². The van der Waals surface area contributed by atoms with E-state index in [9.17, 15) is 19.5 Å². The molecule has 6 aliphatic heterocycles. The topological polar surface area (TPSA) is 112 Å². The predicted octanol–water partition coefficient (Wildman–Crippen LogP) is 2.77. The van der Waals surface area contributed by atoms with Gasteiger partial charge in [-0.05, 0) is 88.6 Å². The Bertz CT molecular complexity index is 1080. The van der Waals surface area contributed by atoms with Crippen molar-refractivity contribution in [1.82, 2.24) is 20.0 Å². The van der Waals surface area contributed by atoms with Crippen molar-refractivity contribution in [1.29, 1.82) is 0 Å². The van der Waals surface area contributed by atoms with Gasteiger partial charge in [0.1, 0.15) is 12.7 Å². The van der Waals surface area contributed by atoms with Crippen molar-refractivity contribution < 1.29 is 29.0 Å². The Balaban J connectivity index is 0.986. The van der Waals surface area contributed by atoms with Crippen LogP contribution in [0.1, 0.15) is 84.5 Å². The van der Waals surface area contributed by atoms with Crippen molar-refractivity contribution in [2.24, 2.45) is 29.6 Å². The average Bonchev–Trinajstić information content (AvgIpc) is 3.41. The molecule has 7 fully saturated rings. The van der Waals surface area contributed by atoms with Crippen molar-refractivity contribution in [3.63, 3.8) is 0 Å². The lowest BCUT2D eigenvalue weighted by atomic mass is 9.63. The maximum Gasteiger partial charge on any atom is 0.410 e. The van der Waals surface area contributed by atoms with Crippen LogP contribution < -0.4 is 5.32 Å². The minimum atomic E-state index is -1.59. The summed E-state index contributed by atoms with van der Waals surface area (Å²) in [6.45, 7) is 8.83. The second kappa shape index (κ2) is 11.8. The van der Waals surface area contributed by atoms with Crippen molar-refractivity contribution in [3.8, 4) is 0 Å². The van der Waals surface area contributed by atoms with E-state index in [4.69, 9.17) is 9.47 Å². The number of rotatable bonds is 4. The summed E-state index contributed by atoms with van der Waals surface area (Å²) < 4.78 is 11.5. The van der Waals surface area contributed by atoms with E-state index in [1.165, 1.54) is 32.4 Å². The first-order valence-corrected chi connectivity index (χ1v) is 17.5. The molecule has 2 N–H and O–H groups in total. The third kappa shape index (κ3) is 5.07. The Morgan fingerprint density at radius 1 is 1.02 bits per heavy atom. The van der Waals surface area contributed by atoms with E-state index < -0.39 is 23.4 Å². The van der Waals surface area contributed by atoms with Gasteiger partial charge in [0.15, 0.2) is 5.60 Å². The van der Waals surface area contributed by atoms with Crippen LogP contribution in [0.5, 0.6) is 0 Å². The molecule has 7 rings (SSSR count). The molecule has 10 heteroatoms. The van der Waals surface area contributed by atoms with E-state index >= 15 is 0 Å². The van der Waals surface area contributed by atoms with Crippen LogP contribution in [0, 0.1) is 29.6 Å². The van der Waals surface area contributed by atoms with Gasteiger partial charge in [-0.25, -0.2) is 9.59 Å². The first kappa shape index (κ1) is 29.8. The normalized spacial score (nSPS) is 43.7. The number of hydrogen-bond donors (Lipinski definition) is 2. The maximum atomic E-state index is 13.8. The number of nitrogens with one attached hydrogen (secondary N) is 1. The minimum absolute atomic E-state index is 0.0128.